The van der Waals surface area contributed by atoms with E-state index in [0.29, 0.717) is 0 Å². The van der Waals surface area contributed by atoms with Crippen molar-refractivity contribution in [3.8, 4) is 22.3 Å². The molecule has 0 aliphatic rings. The highest BCUT2D eigenvalue weighted by Crippen LogP contribution is 2.44. The van der Waals surface area contributed by atoms with Crippen molar-refractivity contribution in [2.45, 2.75) is 0 Å². The first-order valence-electron chi connectivity index (χ1n) is 22.3. The SMILES string of the molecule is c1ccc(-c2cccc3c2ccc2c(-c4ccc(N(c5ccc6oc7ccccc7c6c5)c5ccc6oc7ccc(N(c8ccccc8)c8ccccc8)cc7c6c5)cc4)ccnc23)cc1. The van der Waals surface area contributed by atoms with Gasteiger partial charge in [0.2, 0.25) is 0 Å². The van der Waals surface area contributed by atoms with Crippen molar-refractivity contribution in [1.82, 2.24) is 4.98 Å². The number of pyridine rings is 1. The van der Waals surface area contributed by atoms with Gasteiger partial charge in [-0.05, 0) is 131 Å². The average Bonchev–Trinajstić information content (AvgIpc) is 3.95. The number of furan rings is 2. The summed E-state index contributed by atoms with van der Waals surface area (Å²) < 4.78 is 12.8. The molecular weight excluding hydrogens is 807 g/mol. The van der Waals surface area contributed by atoms with E-state index in [1.54, 1.807) is 0 Å². The van der Waals surface area contributed by atoms with Gasteiger partial charge in [0.05, 0.1) is 5.52 Å². The molecule has 5 nitrogen and oxygen atoms in total. The highest BCUT2D eigenvalue weighted by atomic mass is 16.3. The lowest BCUT2D eigenvalue weighted by Gasteiger charge is -2.26. The summed E-state index contributed by atoms with van der Waals surface area (Å²) in [7, 11) is 0. The molecule has 0 N–H and O–H groups in total. The molecule has 0 aliphatic heterocycles. The summed E-state index contributed by atoms with van der Waals surface area (Å²) in [6.45, 7) is 0. The lowest BCUT2D eigenvalue weighted by Crippen LogP contribution is -2.10. The van der Waals surface area contributed by atoms with Gasteiger partial charge in [-0.25, -0.2) is 0 Å². The van der Waals surface area contributed by atoms with Crippen molar-refractivity contribution in [1.29, 1.82) is 0 Å². The van der Waals surface area contributed by atoms with Gasteiger partial charge in [-0.15, -0.1) is 0 Å². The molecule has 0 unspecified atom stereocenters. The number of anilines is 6. The zero-order chi connectivity index (χ0) is 43.6. The van der Waals surface area contributed by atoms with Crippen molar-refractivity contribution in [2.24, 2.45) is 0 Å². The molecule has 13 aromatic rings. The van der Waals surface area contributed by atoms with Crippen LogP contribution in [-0.4, -0.2) is 4.98 Å². The molecule has 0 atom stereocenters. The van der Waals surface area contributed by atoms with Gasteiger partial charge in [-0.2, -0.15) is 0 Å². The van der Waals surface area contributed by atoms with Crippen molar-refractivity contribution < 1.29 is 8.83 Å². The van der Waals surface area contributed by atoms with Crippen LogP contribution in [0.15, 0.2) is 246 Å². The number of benzene rings is 10. The molecule has 0 spiro atoms. The van der Waals surface area contributed by atoms with Gasteiger partial charge in [-0.1, -0.05) is 127 Å². The fraction of sp³-hybridized carbons (Fsp3) is 0. The van der Waals surface area contributed by atoms with Gasteiger partial charge in [0.1, 0.15) is 22.3 Å². The molecule has 0 fully saturated rings. The van der Waals surface area contributed by atoms with Gasteiger partial charge in [0, 0.05) is 72.6 Å². The van der Waals surface area contributed by atoms with E-state index in [0.717, 1.165) is 105 Å². The van der Waals surface area contributed by atoms with E-state index >= 15 is 0 Å². The average molecular weight is 846 g/mol. The minimum Gasteiger partial charge on any atom is -0.456 e. The summed E-state index contributed by atoms with van der Waals surface area (Å²) >= 11 is 0. The molecule has 3 heterocycles. The Kier molecular flexibility index (Phi) is 8.78. The molecule has 310 valence electrons. The molecule has 0 aliphatic carbocycles. The van der Waals surface area contributed by atoms with Crippen LogP contribution in [0.5, 0.6) is 0 Å². The molecular formula is C61H39N3O2. The highest BCUT2D eigenvalue weighted by molar-refractivity contribution is 6.14. The molecule has 0 amide bonds. The van der Waals surface area contributed by atoms with Crippen LogP contribution >= 0.6 is 0 Å². The second-order valence-corrected chi connectivity index (χ2v) is 16.7. The lowest BCUT2D eigenvalue weighted by molar-refractivity contribution is 0.668. The number of para-hydroxylation sites is 3. The third-order valence-corrected chi connectivity index (χ3v) is 12.9. The minimum atomic E-state index is 0.830. The number of nitrogens with zero attached hydrogens (tertiary/aromatic N) is 3. The van der Waals surface area contributed by atoms with Crippen molar-refractivity contribution >= 4 is 99.7 Å². The first-order chi connectivity index (χ1) is 32.7. The van der Waals surface area contributed by atoms with Crippen LogP contribution in [0.3, 0.4) is 0 Å². The second-order valence-electron chi connectivity index (χ2n) is 16.7. The van der Waals surface area contributed by atoms with Crippen LogP contribution in [0.25, 0.3) is 87.8 Å². The highest BCUT2D eigenvalue weighted by Gasteiger charge is 2.20. The molecule has 0 radical (unpaired) electrons. The van der Waals surface area contributed by atoms with Crippen molar-refractivity contribution in [3.05, 3.63) is 237 Å². The largest absolute Gasteiger partial charge is 0.456 e. The quantitative estimate of drug-likeness (QED) is 0.143. The van der Waals surface area contributed by atoms with E-state index in [1.165, 1.54) is 16.5 Å². The summed E-state index contributed by atoms with van der Waals surface area (Å²) in [4.78, 5) is 9.58. The predicted octanol–water partition coefficient (Wildman–Crippen LogP) is 17.5. The van der Waals surface area contributed by atoms with E-state index in [4.69, 9.17) is 13.8 Å². The Morgan fingerprint density at radius 2 is 0.712 bits per heavy atom. The molecule has 13 rings (SSSR count). The van der Waals surface area contributed by atoms with Crippen molar-refractivity contribution in [3.63, 3.8) is 0 Å². The summed E-state index contributed by atoms with van der Waals surface area (Å²) in [6, 6.07) is 81.3. The number of aromatic nitrogens is 1. The standard InChI is InChI=1S/C61H39N3O2/c1-4-13-40(14-5-1)48-20-12-21-52-50(48)30-31-53-49(35-36-62-61(52)53)41-23-25-44(26-24-41)64(46-28-32-58-54(37-46)51-19-10-11-22-57(51)65-58)47-29-34-60-56(39-47)55-38-45(27-33-59(55)66-60)63(42-15-6-2-7-16-42)43-17-8-3-9-18-43/h1-39H. The number of hydrogen-bond donors (Lipinski definition) is 0. The van der Waals surface area contributed by atoms with Crippen LogP contribution in [0, 0.1) is 0 Å². The maximum absolute atomic E-state index is 6.54. The summed E-state index contributed by atoms with van der Waals surface area (Å²) in [6.07, 6.45) is 1.94. The summed E-state index contributed by atoms with van der Waals surface area (Å²) in [5, 5.41) is 7.68. The molecule has 5 heteroatoms. The fourth-order valence-electron chi connectivity index (χ4n) is 9.82. The Morgan fingerprint density at radius 1 is 0.273 bits per heavy atom. The molecule has 66 heavy (non-hydrogen) atoms. The molecule has 0 bridgehead atoms. The smallest absolute Gasteiger partial charge is 0.135 e. The van der Waals surface area contributed by atoms with E-state index in [2.05, 4.69) is 228 Å². The first kappa shape index (κ1) is 37.6. The van der Waals surface area contributed by atoms with Gasteiger partial charge in [-0.3, -0.25) is 4.98 Å². The Bertz CT molecular complexity index is 3900. The predicted molar refractivity (Wildman–Crippen MR) is 274 cm³/mol. The molecule has 0 saturated carbocycles. The minimum absolute atomic E-state index is 0.830. The number of fused-ring (bicyclic) bond motifs is 9. The van der Waals surface area contributed by atoms with E-state index < -0.39 is 0 Å². The fourth-order valence-corrected chi connectivity index (χ4v) is 9.82. The van der Waals surface area contributed by atoms with Crippen LogP contribution in [-0.2, 0) is 0 Å². The van der Waals surface area contributed by atoms with Crippen LogP contribution < -0.4 is 9.80 Å². The van der Waals surface area contributed by atoms with Crippen molar-refractivity contribution in [2.75, 3.05) is 9.80 Å². The van der Waals surface area contributed by atoms with E-state index in [1.807, 2.05) is 18.3 Å². The molecule has 3 aromatic heterocycles. The Hall–Kier alpha value is -8.93. The number of hydrogen-bond acceptors (Lipinski definition) is 5. The van der Waals surface area contributed by atoms with Crippen LogP contribution in [0.4, 0.5) is 34.1 Å². The lowest BCUT2D eigenvalue weighted by atomic mass is 9.94. The Labute approximate surface area is 380 Å². The zero-order valence-electron chi connectivity index (χ0n) is 35.7. The maximum Gasteiger partial charge on any atom is 0.135 e. The normalized spacial score (nSPS) is 11.6. The zero-order valence-corrected chi connectivity index (χ0v) is 35.7. The monoisotopic (exact) mass is 845 g/mol. The van der Waals surface area contributed by atoms with Gasteiger partial charge < -0.3 is 18.6 Å². The summed E-state index contributed by atoms with van der Waals surface area (Å²) in [5.74, 6) is 0. The third kappa shape index (κ3) is 6.28. The van der Waals surface area contributed by atoms with Gasteiger partial charge >= 0.3 is 0 Å². The van der Waals surface area contributed by atoms with Crippen LogP contribution in [0.1, 0.15) is 0 Å². The Balaban J connectivity index is 0.949. The third-order valence-electron chi connectivity index (χ3n) is 12.9. The number of rotatable bonds is 8. The first-order valence-corrected chi connectivity index (χ1v) is 22.3. The second kappa shape index (κ2) is 15.4. The van der Waals surface area contributed by atoms with Gasteiger partial charge in [0.25, 0.3) is 0 Å². The van der Waals surface area contributed by atoms with Gasteiger partial charge in [0.15, 0.2) is 0 Å². The summed E-state index contributed by atoms with van der Waals surface area (Å²) in [5.41, 5.74) is 15.3. The molecule has 0 saturated heterocycles. The molecule has 10 aromatic carbocycles. The van der Waals surface area contributed by atoms with E-state index in [9.17, 15) is 0 Å². The van der Waals surface area contributed by atoms with Crippen LogP contribution in [0.2, 0.25) is 0 Å². The topological polar surface area (TPSA) is 45.7 Å². The Morgan fingerprint density at radius 3 is 1.33 bits per heavy atom. The maximum atomic E-state index is 6.54. The van der Waals surface area contributed by atoms with E-state index in [-0.39, 0.29) is 0 Å².